The summed E-state index contributed by atoms with van der Waals surface area (Å²) < 4.78 is 40.4. The Kier molecular flexibility index (Phi) is 7.47. The van der Waals surface area contributed by atoms with Crippen LogP contribution >= 0.6 is 0 Å². The highest BCUT2D eigenvalue weighted by Crippen LogP contribution is 2.43. The fourth-order valence-electron chi connectivity index (χ4n) is 9.44. The first-order valence-corrected chi connectivity index (χ1v) is 22.0. The molecule has 0 bridgehead atoms. The molecule has 286 valence electrons. The van der Waals surface area contributed by atoms with Gasteiger partial charge >= 0.3 is 0 Å². The van der Waals surface area contributed by atoms with Crippen LogP contribution in [0.2, 0.25) is 0 Å². The lowest BCUT2D eigenvalue weighted by molar-refractivity contribution is -0.116. The number of rotatable bonds is 3. The Morgan fingerprint density at radius 3 is 1.78 bits per heavy atom. The summed E-state index contributed by atoms with van der Waals surface area (Å²) in [6.45, 7) is 2.11. The Morgan fingerprint density at radius 2 is 1.10 bits per heavy atom. The molecule has 0 amide bonds. The zero-order chi connectivity index (χ0) is 39.7. The van der Waals surface area contributed by atoms with Crippen LogP contribution in [0.5, 0.6) is 0 Å². The van der Waals surface area contributed by atoms with Crippen molar-refractivity contribution in [3.63, 3.8) is 0 Å². The fraction of sp³-hybridized carbons (Fsp3) is 0.0980. The lowest BCUT2D eigenvalue weighted by atomic mass is 9.80. The average molecular weight is 805 g/mol. The van der Waals surface area contributed by atoms with Gasteiger partial charge in [-0.1, -0.05) is 104 Å². The molecule has 3 atom stereocenters. The lowest BCUT2D eigenvalue weighted by Gasteiger charge is -2.37. The molecular weight excluding hydrogens is 773 g/mol. The number of ketones is 2. The van der Waals surface area contributed by atoms with Crippen LogP contribution in [0.4, 0.5) is 0 Å². The third-order valence-corrected chi connectivity index (χ3v) is 15.7. The molecule has 0 saturated carbocycles. The molecule has 7 aromatic rings. The third-order valence-electron chi connectivity index (χ3n) is 12.5. The molecule has 3 aliphatic carbocycles. The van der Waals surface area contributed by atoms with Gasteiger partial charge in [-0.3, -0.25) is 9.59 Å². The average Bonchev–Trinajstić information content (AvgIpc) is 3.84. The minimum Gasteiger partial charge on any atom is -0.457 e. The number of fused-ring (bicyclic) bond motifs is 9. The molecule has 4 heterocycles. The summed E-state index contributed by atoms with van der Waals surface area (Å²) in [7, 11) is -3.01. The summed E-state index contributed by atoms with van der Waals surface area (Å²) in [4.78, 5) is 31.0. The Balaban J connectivity index is 0.866. The van der Waals surface area contributed by atoms with Crippen LogP contribution in [0, 0.1) is 17.8 Å². The maximum absolute atomic E-state index is 14.4. The predicted molar refractivity (Wildman–Crippen MR) is 238 cm³/mol. The Labute approximate surface area is 342 Å². The number of hydrogen-bond acceptors (Lipinski definition) is 8. The minimum atomic E-state index is -1.53. The van der Waals surface area contributed by atoms with Gasteiger partial charge in [-0.15, -0.1) is 19.5 Å². The van der Waals surface area contributed by atoms with Crippen molar-refractivity contribution in [1.82, 2.24) is 0 Å². The van der Waals surface area contributed by atoms with Crippen molar-refractivity contribution in [2.24, 2.45) is 17.8 Å². The fourth-order valence-corrected chi connectivity index (χ4v) is 12.5. The van der Waals surface area contributed by atoms with E-state index in [9.17, 15) is 18.0 Å². The summed E-state index contributed by atoms with van der Waals surface area (Å²) >= 11 is 0. The number of carbonyl (C=O) groups is 2. The predicted octanol–water partition coefficient (Wildman–Crippen LogP) is 11.1. The smallest absolute Gasteiger partial charge is 0.170 e. The molecule has 2 aromatic heterocycles. The van der Waals surface area contributed by atoms with Crippen molar-refractivity contribution in [2.75, 3.05) is 0 Å². The van der Waals surface area contributed by atoms with E-state index in [1.54, 1.807) is 12.1 Å². The van der Waals surface area contributed by atoms with Gasteiger partial charge in [0, 0.05) is 38.9 Å². The number of carbonyl (C=O) groups excluding carboxylic acids is 2. The van der Waals surface area contributed by atoms with E-state index in [1.807, 2.05) is 115 Å². The van der Waals surface area contributed by atoms with Crippen LogP contribution in [0.25, 0.3) is 60.6 Å². The van der Waals surface area contributed by atoms with E-state index in [4.69, 9.17) is 8.83 Å². The van der Waals surface area contributed by atoms with Gasteiger partial charge in [-0.25, -0.2) is 20.8 Å². The maximum Gasteiger partial charge on any atom is 0.170 e. The molecule has 0 fully saturated rings. The van der Waals surface area contributed by atoms with Gasteiger partial charge in [-0.05, 0) is 99.9 Å². The van der Waals surface area contributed by atoms with Gasteiger partial charge in [0.15, 0.2) is 11.6 Å². The first-order chi connectivity index (χ1) is 28.8. The Bertz CT molecular complexity index is 3520. The molecule has 0 radical (unpaired) electrons. The normalized spacial score (nSPS) is 21.8. The van der Waals surface area contributed by atoms with E-state index in [-0.39, 0.29) is 17.5 Å². The van der Waals surface area contributed by atoms with Crippen LogP contribution in [0.3, 0.4) is 0 Å². The zero-order valence-corrected chi connectivity index (χ0v) is 33.2. The van der Waals surface area contributed by atoms with E-state index < -0.39 is 32.6 Å². The zero-order valence-electron chi connectivity index (χ0n) is 31.6. The van der Waals surface area contributed by atoms with Gasteiger partial charge in [-0.2, -0.15) is 0 Å². The second kappa shape index (κ2) is 12.8. The van der Waals surface area contributed by atoms with E-state index >= 15 is 0 Å². The van der Waals surface area contributed by atoms with Crippen molar-refractivity contribution in [3.05, 3.63) is 178 Å². The van der Waals surface area contributed by atoms with Gasteiger partial charge in [0.25, 0.3) is 0 Å². The number of allylic oxidation sites excluding steroid dienone is 12. The number of benzene rings is 5. The van der Waals surface area contributed by atoms with Crippen molar-refractivity contribution in [1.29, 1.82) is 0 Å². The van der Waals surface area contributed by atoms with Crippen molar-refractivity contribution in [2.45, 2.75) is 18.2 Å². The van der Waals surface area contributed by atoms with Crippen LogP contribution < -0.4 is 0 Å². The molecular formula is C51H32O6S2-2. The second-order valence-electron chi connectivity index (χ2n) is 15.8. The second-order valence-corrected chi connectivity index (χ2v) is 18.8. The maximum atomic E-state index is 14.4. The topological polar surface area (TPSA) is 94.6 Å². The number of para-hydroxylation sites is 2. The lowest BCUT2D eigenvalue weighted by Crippen LogP contribution is -2.32. The highest BCUT2D eigenvalue weighted by molar-refractivity contribution is 7.89. The van der Waals surface area contributed by atoms with Crippen LogP contribution in [-0.4, -0.2) is 21.3 Å². The monoisotopic (exact) mass is 804 g/mol. The molecule has 3 unspecified atom stereocenters. The van der Waals surface area contributed by atoms with Crippen LogP contribution in [-0.2, 0) is 34.0 Å². The summed E-state index contributed by atoms with van der Waals surface area (Å²) in [6, 6.07) is 33.6. The van der Waals surface area contributed by atoms with Crippen molar-refractivity contribution >= 4 is 103 Å². The molecule has 2 aliphatic heterocycles. The number of furan rings is 2. The molecule has 0 N–H and O–H groups in total. The molecule has 6 nitrogen and oxygen atoms in total. The van der Waals surface area contributed by atoms with E-state index in [0.29, 0.717) is 37.1 Å². The molecule has 0 spiro atoms. The Hall–Kier alpha value is -6.48. The van der Waals surface area contributed by atoms with E-state index in [0.717, 1.165) is 77.3 Å². The molecule has 8 heteroatoms. The Morgan fingerprint density at radius 1 is 0.559 bits per heavy atom. The van der Waals surface area contributed by atoms with Gasteiger partial charge in [0.1, 0.15) is 22.3 Å². The van der Waals surface area contributed by atoms with Gasteiger partial charge in [0.05, 0.1) is 0 Å². The standard InChI is InChI=1S/C51H32O6S2/c1-27-20-49-41(26-37(27)32-11-16-36-34-7-3-5-9-43(34)57-45(36)25-32)51(53)40-22-29(13-19-48(40)59(49)55)28-12-17-46-38(21-28)50(52)39-23-30(14-18-47(39)58(46)54)31-10-15-35-33-6-2-4-8-42(33)56-44(35)24-31/h2-19,21-27,39-40H,20H2,1H3/q-2. The van der Waals surface area contributed by atoms with Crippen molar-refractivity contribution in [3.8, 4) is 0 Å². The van der Waals surface area contributed by atoms with E-state index in [1.165, 1.54) is 0 Å². The van der Waals surface area contributed by atoms with E-state index in [2.05, 4.69) is 25.1 Å². The minimum absolute atomic E-state index is 0.0466. The largest absolute Gasteiger partial charge is 0.457 e. The first kappa shape index (κ1) is 34.6. The summed E-state index contributed by atoms with van der Waals surface area (Å²) in [5, 5.41) is 4.17. The van der Waals surface area contributed by atoms with Crippen LogP contribution in [0.1, 0.15) is 40.4 Å². The first-order valence-electron chi connectivity index (χ1n) is 19.7. The number of Topliss-reactive ketones (excluding diaryl/α,β-unsaturated/α-hetero) is 2. The van der Waals surface area contributed by atoms with Gasteiger partial charge in [0.2, 0.25) is 0 Å². The molecule has 5 aromatic carbocycles. The van der Waals surface area contributed by atoms with Gasteiger partial charge < -0.3 is 17.3 Å². The third kappa shape index (κ3) is 5.16. The molecule has 5 aliphatic rings. The van der Waals surface area contributed by atoms with Crippen molar-refractivity contribution < 1.29 is 26.8 Å². The van der Waals surface area contributed by atoms with Crippen LogP contribution in [0.15, 0.2) is 170 Å². The molecule has 12 rings (SSSR count). The molecule has 59 heavy (non-hydrogen) atoms. The quantitative estimate of drug-likeness (QED) is 0.130. The summed E-state index contributed by atoms with van der Waals surface area (Å²) in [6.07, 6.45) is 13.6. The summed E-state index contributed by atoms with van der Waals surface area (Å²) in [5.74, 6) is -1.57. The number of hydrogen-bond donors (Lipinski definition) is 0. The highest BCUT2D eigenvalue weighted by Gasteiger charge is 2.32. The highest BCUT2D eigenvalue weighted by atomic mass is 32.2. The SMILES string of the molecule is CC1CC2=C(C=C1c1ccc3c(c1)oc1ccccc13)C(=O)C1C=C(c3ccc4c(c3)C(=O)C3C=C(c5ccc6c(c5)oc5ccccc56)C=CC3=[S-]4=O)C=CC1=[S-]2=O. The molecule has 0 saturated heterocycles. The summed E-state index contributed by atoms with van der Waals surface area (Å²) in [5.41, 5.74) is 9.32.